The number of aryl methyl sites for hydroxylation is 1. The lowest BCUT2D eigenvalue weighted by molar-refractivity contribution is 0.255. The molecular formula is C17H22N2O2. The second-order valence-corrected chi connectivity index (χ2v) is 5.48. The molecule has 2 atom stereocenters. The lowest BCUT2D eigenvalue weighted by Gasteiger charge is -2.29. The maximum absolute atomic E-state index is 5.80. The van der Waals surface area contributed by atoms with Crippen molar-refractivity contribution in [3.63, 3.8) is 0 Å². The van der Waals surface area contributed by atoms with E-state index in [0.717, 1.165) is 37.4 Å². The van der Waals surface area contributed by atoms with Gasteiger partial charge in [-0.2, -0.15) is 0 Å². The van der Waals surface area contributed by atoms with Crippen molar-refractivity contribution in [3.05, 3.63) is 53.5 Å². The maximum Gasteiger partial charge on any atom is 0.122 e. The Labute approximate surface area is 125 Å². The van der Waals surface area contributed by atoms with Crippen LogP contribution in [0.15, 0.2) is 41.0 Å². The van der Waals surface area contributed by atoms with Gasteiger partial charge < -0.3 is 9.15 Å². The topological polar surface area (TPSA) is 60.4 Å². The molecule has 0 spiro atoms. The molecule has 2 aromatic rings. The van der Waals surface area contributed by atoms with Gasteiger partial charge in [0.2, 0.25) is 0 Å². The van der Waals surface area contributed by atoms with Crippen LogP contribution in [-0.2, 0) is 6.42 Å². The minimum absolute atomic E-state index is 0.106. The molecule has 1 aliphatic rings. The first-order valence-electron chi connectivity index (χ1n) is 7.57. The summed E-state index contributed by atoms with van der Waals surface area (Å²) in [6.07, 6.45) is 4.60. The number of furan rings is 1. The highest BCUT2D eigenvalue weighted by Crippen LogP contribution is 2.39. The van der Waals surface area contributed by atoms with Gasteiger partial charge in [0.15, 0.2) is 0 Å². The lowest BCUT2D eigenvalue weighted by atomic mass is 9.85. The summed E-state index contributed by atoms with van der Waals surface area (Å²) >= 11 is 0. The van der Waals surface area contributed by atoms with Crippen molar-refractivity contribution in [1.82, 2.24) is 5.43 Å². The predicted molar refractivity (Wildman–Crippen MR) is 82.1 cm³/mol. The minimum atomic E-state index is 0.106. The number of hydrogen-bond donors (Lipinski definition) is 2. The monoisotopic (exact) mass is 286 g/mol. The van der Waals surface area contributed by atoms with Crippen LogP contribution in [0.5, 0.6) is 5.75 Å². The number of ether oxygens (including phenoxy) is 1. The summed E-state index contributed by atoms with van der Waals surface area (Å²) in [6.45, 7) is 2.87. The minimum Gasteiger partial charge on any atom is -0.493 e. The molecule has 0 amide bonds. The van der Waals surface area contributed by atoms with Crippen LogP contribution >= 0.6 is 0 Å². The average Bonchev–Trinajstić information content (AvgIpc) is 3.01. The number of rotatable bonds is 5. The lowest BCUT2D eigenvalue weighted by Crippen LogP contribution is -2.30. The summed E-state index contributed by atoms with van der Waals surface area (Å²) in [5.41, 5.74) is 5.41. The van der Waals surface area contributed by atoms with Crippen LogP contribution in [0.4, 0.5) is 0 Å². The van der Waals surface area contributed by atoms with Crippen molar-refractivity contribution >= 4 is 0 Å². The standard InChI is InChI=1S/C17H22N2O2/c1-2-16-14(8-10-20-16)15(19-18)11-12-7-9-21-17-6-4-3-5-13(12)17/h3-6,8,10,12,15,19H,2,7,9,11,18H2,1H3. The summed E-state index contributed by atoms with van der Waals surface area (Å²) in [7, 11) is 0. The van der Waals surface area contributed by atoms with Gasteiger partial charge in [-0.1, -0.05) is 25.1 Å². The molecule has 0 saturated carbocycles. The highest BCUT2D eigenvalue weighted by Gasteiger charge is 2.26. The number of hydrazine groups is 1. The van der Waals surface area contributed by atoms with E-state index in [1.807, 2.05) is 18.2 Å². The molecule has 1 aliphatic heterocycles. The number of para-hydroxylation sites is 1. The average molecular weight is 286 g/mol. The van der Waals surface area contributed by atoms with E-state index < -0.39 is 0 Å². The third kappa shape index (κ3) is 2.82. The third-order valence-corrected chi connectivity index (χ3v) is 4.28. The van der Waals surface area contributed by atoms with Gasteiger partial charge in [0, 0.05) is 18.0 Å². The van der Waals surface area contributed by atoms with Gasteiger partial charge in [0.25, 0.3) is 0 Å². The molecule has 0 radical (unpaired) electrons. The van der Waals surface area contributed by atoms with Crippen LogP contribution < -0.4 is 16.0 Å². The molecule has 0 bridgehead atoms. The smallest absolute Gasteiger partial charge is 0.122 e. The van der Waals surface area contributed by atoms with E-state index in [0.29, 0.717) is 5.92 Å². The predicted octanol–water partition coefficient (Wildman–Crippen LogP) is 3.30. The molecule has 3 N–H and O–H groups in total. The zero-order valence-corrected chi connectivity index (χ0v) is 12.3. The molecule has 1 aromatic carbocycles. The highest BCUT2D eigenvalue weighted by molar-refractivity contribution is 5.38. The van der Waals surface area contributed by atoms with Crippen LogP contribution in [0, 0.1) is 0 Å². The summed E-state index contributed by atoms with van der Waals surface area (Å²) < 4.78 is 11.3. The van der Waals surface area contributed by atoms with Crippen molar-refractivity contribution in [2.24, 2.45) is 5.84 Å². The first-order valence-corrected chi connectivity index (χ1v) is 7.57. The zero-order valence-electron chi connectivity index (χ0n) is 12.3. The number of nitrogens with two attached hydrogens (primary N) is 1. The van der Waals surface area contributed by atoms with E-state index in [2.05, 4.69) is 24.5 Å². The fourth-order valence-electron chi connectivity index (χ4n) is 3.18. The molecule has 4 nitrogen and oxygen atoms in total. The molecule has 4 heteroatoms. The summed E-state index contributed by atoms with van der Waals surface area (Å²) in [4.78, 5) is 0. The molecule has 21 heavy (non-hydrogen) atoms. The van der Waals surface area contributed by atoms with E-state index in [4.69, 9.17) is 15.0 Å². The Morgan fingerprint density at radius 2 is 2.19 bits per heavy atom. The summed E-state index contributed by atoms with van der Waals surface area (Å²) in [5, 5.41) is 0. The fourth-order valence-corrected chi connectivity index (χ4v) is 3.18. The van der Waals surface area contributed by atoms with Gasteiger partial charge in [0.1, 0.15) is 11.5 Å². The Balaban J connectivity index is 1.82. The Bertz CT molecular complexity index is 594. The first kappa shape index (κ1) is 14.2. The number of fused-ring (bicyclic) bond motifs is 1. The molecule has 0 aliphatic carbocycles. The van der Waals surface area contributed by atoms with Crippen LogP contribution in [0.25, 0.3) is 0 Å². The van der Waals surface area contributed by atoms with Crippen LogP contribution in [-0.4, -0.2) is 6.61 Å². The van der Waals surface area contributed by atoms with Gasteiger partial charge in [-0.25, -0.2) is 0 Å². The molecule has 3 rings (SSSR count). The third-order valence-electron chi connectivity index (χ3n) is 4.28. The van der Waals surface area contributed by atoms with Crippen LogP contribution in [0.3, 0.4) is 0 Å². The Morgan fingerprint density at radius 3 is 3.00 bits per heavy atom. The zero-order chi connectivity index (χ0) is 14.7. The van der Waals surface area contributed by atoms with Gasteiger partial charge in [-0.15, -0.1) is 0 Å². The van der Waals surface area contributed by atoms with Crippen molar-refractivity contribution in [1.29, 1.82) is 0 Å². The van der Waals surface area contributed by atoms with E-state index >= 15 is 0 Å². The quantitative estimate of drug-likeness (QED) is 0.654. The van der Waals surface area contributed by atoms with Crippen molar-refractivity contribution < 1.29 is 9.15 Å². The Kier molecular flexibility index (Phi) is 4.27. The van der Waals surface area contributed by atoms with E-state index in [1.165, 1.54) is 11.1 Å². The number of nitrogens with one attached hydrogen (secondary N) is 1. The molecule has 0 fully saturated rings. The van der Waals surface area contributed by atoms with Gasteiger partial charge in [0.05, 0.1) is 12.9 Å². The molecule has 2 unspecified atom stereocenters. The number of hydrogen-bond acceptors (Lipinski definition) is 4. The van der Waals surface area contributed by atoms with E-state index in [1.54, 1.807) is 6.26 Å². The van der Waals surface area contributed by atoms with Crippen molar-refractivity contribution in [3.8, 4) is 5.75 Å². The molecular weight excluding hydrogens is 264 g/mol. The van der Waals surface area contributed by atoms with E-state index in [-0.39, 0.29) is 6.04 Å². The van der Waals surface area contributed by atoms with Crippen molar-refractivity contribution in [2.75, 3.05) is 6.61 Å². The fraction of sp³-hybridized carbons (Fsp3) is 0.412. The molecule has 0 saturated heterocycles. The van der Waals surface area contributed by atoms with Crippen LogP contribution in [0.2, 0.25) is 0 Å². The summed E-state index contributed by atoms with van der Waals surface area (Å²) in [6, 6.07) is 10.4. The first-order chi connectivity index (χ1) is 10.3. The van der Waals surface area contributed by atoms with E-state index in [9.17, 15) is 0 Å². The number of benzene rings is 1. The van der Waals surface area contributed by atoms with Crippen molar-refractivity contribution in [2.45, 2.75) is 38.1 Å². The van der Waals surface area contributed by atoms with Gasteiger partial charge in [-0.3, -0.25) is 11.3 Å². The largest absolute Gasteiger partial charge is 0.493 e. The second-order valence-electron chi connectivity index (χ2n) is 5.48. The molecule has 2 heterocycles. The van der Waals surface area contributed by atoms with Gasteiger partial charge >= 0.3 is 0 Å². The highest BCUT2D eigenvalue weighted by atomic mass is 16.5. The Morgan fingerprint density at radius 1 is 1.33 bits per heavy atom. The summed E-state index contributed by atoms with van der Waals surface area (Å²) in [5.74, 6) is 8.28. The SMILES string of the molecule is CCc1occc1C(CC1CCOc2ccccc21)NN. The maximum atomic E-state index is 5.80. The molecule has 112 valence electrons. The molecule has 1 aromatic heterocycles. The van der Waals surface area contributed by atoms with Crippen LogP contribution in [0.1, 0.15) is 48.6 Å². The van der Waals surface area contributed by atoms with Gasteiger partial charge in [-0.05, 0) is 36.5 Å². The second kappa shape index (κ2) is 6.33. The Hall–Kier alpha value is -1.78. The normalized spacial score (nSPS) is 18.9.